The molecule has 0 saturated heterocycles. The van der Waals surface area contributed by atoms with Crippen molar-refractivity contribution in [2.45, 2.75) is 20.1 Å². The smallest absolute Gasteiger partial charge is 0.263 e. The Balaban J connectivity index is 1.65. The zero-order valence-electron chi connectivity index (χ0n) is 13.2. The quantitative estimate of drug-likeness (QED) is 0.729. The average molecular weight is 323 g/mol. The number of hydroxylamine groups is 1. The first-order chi connectivity index (χ1) is 11.6. The summed E-state index contributed by atoms with van der Waals surface area (Å²) in [6.07, 6.45) is 1.38. The van der Waals surface area contributed by atoms with E-state index in [9.17, 15) is 9.59 Å². The van der Waals surface area contributed by atoms with Crippen LogP contribution in [0.1, 0.15) is 11.1 Å². The van der Waals surface area contributed by atoms with Crippen LogP contribution in [0.5, 0.6) is 0 Å². The topological polar surface area (TPSA) is 73.2 Å². The second kappa shape index (κ2) is 7.06. The van der Waals surface area contributed by atoms with Crippen molar-refractivity contribution in [2.75, 3.05) is 0 Å². The third-order valence-corrected chi connectivity index (χ3v) is 3.64. The summed E-state index contributed by atoms with van der Waals surface area (Å²) in [6.45, 7) is 2.00. The van der Waals surface area contributed by atoms with Gasteiger partial charge >= 0.3 is 0 Å². The molecule has 6 heteroatoms. The molecule has 1 amide bonds. The summed E-state index contributed by atoms with van der Waals surface area (Å²) in [5.74, 6) is -0.415. The fourth-order valence-electron chi connectivity index (χ4n) is 2.41. The van der Waals surface area contributed by atoms with Gasteiger partial charge in [0.2, 0.25) is 0 Å². The number of fused-ring (bicyclic) bond motifs is 1. The Bertz CT molecular complexity index is 920. The third kappa shape index (κ3) is 3.49. The Morgan fingerprint density at radius 3 is 2.75 bits per heavy atom. The third-order valence-electron chi connectivity index (χ3n) is 3.64. The van der Waals surface area contributed by atoms with Crippen molar-refractivity contribution in [1.82, 2.24) is 15.0 Å². The Morgan fingerprint density at radius 2 is 1.96 bits per heavy atom. The largest absolute Gasteiger partial charge is 0.289 e. The summed E-state index contributed by atoms with van der Waals surface area (Å²) >= 11 is 0. The van der Waals surface area contributed by atoms with Gasteiger partial charge in [-0.3, -0.25) is 19.0 Å². The van der Waals surface area contributed by atoms with Crippen LogP contribution in [0.15, 0.2) is 59.7 Å². The van der Waals surface area contributed by atoms with Gasteiger partial charge in [0, 0.05) is 0 Å². The molecule has 0 atom stereocenters. The van der Waals surface area contributed by atoms with E-state index in [-0.39, 0.29) is 18.7 Å². The second-order valence-electron chi connectivity index (χ2n) is 5.45. The molecule has 0 aliphatic heterocycles. The van der Waals surface area contributed by atoms with E-state index >= 15 is 0 Å². The van der Waals surface area contributed by atoms with Crippen LogP contribution in [0.4, 0.5) is 0 Å². The number of para-hydroxylation sites is 1. The molecule has 0 bridgehead atoms. The minimum absolute atomic E-state index is 0.148. The molecular weight excluding hydrogens is 306 g/mol. The van der Waals surface area contributed by atoms with Crippen LogP contribution in [0.2, 0.25) is 0 Å². The standard InChI is InChI=1S/C18H17N3O3/c1-13-6-5-9-15-17(13)19-12-21(18(15)23)10-16(22)20-24-11-14-7-3-2-4-8-14/h2-9,12H,10-11H2,1H3,(H,20,22). The van der Waals surface area contributed by atoms with Gasteiger partial charge in [-0.15, -0.1) is 0 Å². The van der Waals surface area contributed by atoms with Crippen molar-refractivity contribution in [3.05, 3.63) is 76.3 Å². The maximum atomic E-state index is 12.4. The van der Waals surface area contributed by atoms with E-state index in [1.165, 1.54) is 10.9 Å². The van der Waals surface area contributed by atoms with Gasteiger partial charge in [0.25, 0.3) is 11.5 Å². The van der Waals surface area contributed by atoms with E-state index in [1.54, 1.807) is 12.1 Å². The van der Waals surface area contributed by atoms with E-state index < -0.39 is 5.91 Å². The van der Waals surface area contributed by atoms with Gasteiger partial charge < -0.3 is 0 Å². The number of hydrogen-bond donors (Lipinski definition) is 1. The molecule has 2 aromatic carbocycles. The van der Waals surface area contributed by atoms with Crippen molar-refractivity contribution in [3.63, 3.8) is 0 Å². The number of aryl methyl sites for hydroxylation is 1. The van der Waals surface area contributed by atoms with Crippen molar-refractivity contribution in [1.29, 1.82) is 0 Å². The first-order valence-corrected chi connectivity index (χ1v) is 7.54. The SMILES string of the molecule is Cc1cccc2c(=O)n(CC(=O)NOCc3ccccc3)cnc12. The minimum atomic E-state index is -0.415. The molecule has 0 spiro atoms. The maximum absolute atomic E-state index is 12.4. The van der Waals surface area contributed by atoms with E-state index in [2.05, 4.69) is 10.5 Å². The van der Waals surface area contributed by atoms with Crippen LogP contribution in [0.25, 0.3) is 10.9 Å². The van der Waals surface area contributed by atoms with Gasteiger partial charge in [0.15, 0.2) is 0 Å². The van der Waals surface area contributed by atoms with Gasteiger partial charge in [-0.1, -0.05) is 42.5 Å². The molecule has 24 heavy (non-hydrogen) atoms. The number of rotatable bonds is 5. The molecule has 6 nitrogen and oxygen atoms in total. The Hall–Kier alpha value is -2.99. The Morgan fingerprint density at radius 1 is 1.17 bits per heavy atom. The van der Waals surface area contributed by atoms with Crippen LogP contribution in [-0.2, 0) is 22.8 Å². The molecule has 0 radical (unpaired) electrons. The number of nitrogens with one attached hydrogen (secondary N) is 1. The molecule has 122 valence electrons. The van der Waals surface area contributed by atoms with Crippen LogP contribution >= 0.6 is 0 Å². The molecule has 0 saturated carbocycles. The monoisotopic (exact) mass is 323 g/mol. The highest BCUT2D eigenvalue weighted by Gasteiger charge is 2.09. The maximum Gasteiger partial charge on any atom is 0.263 e. The summed E-state index contributed by atoms with van der Waals surface area (Å²) in [6, 6.07) is 14.9. The zero-order chi connectivity index (χ0) is 16.9. The minimum Gasteiger partial charge on any atom is -0.289 e. The summed E-state index contributed by atoms with van der Waals surface area (Å²) in [5, 5.41) is 0.496. The Kier molecular flexibility index (Phi) is 4.67. The highest BCUT2D eigenvalue weighted by atomic mass is 16.6. The number of carbonyl (C=O) groups is 1. The van der Waals surface area contributed by atoms with Crippen LogP contribution < -0.4 is 11.0 Å². The lowest BCUT2D eigenvalue weighted by Gasteiger charge is -2.09. The Labute approximate surface area is 138 Å². The van der Waals surface area contributed by atoms with Crippen molar-refractivity contribution >= 4 is 16.8 Å². The average Bonchev–Trinajstić information content (AvgIpc) is 2.59. The van der Waals surface area contributed by atoms with Gasteiger partial charge in [-0.05, 0) is 24.1 Å². The first kappa shape index (κ1) is 15.9. The van der Waals surface area contributed by atoms with E-state index in [1.807, 2.05) is 43.3 Å². The fourth-order valence-corrected chi connectivity index (χ4v) is 2.41. The molecule has 0 unspecified atom stereocenters. The van der Waals surface area contributed by atoms with Crippen molar-refractivity contribution in [2.24, 2.45) is 0 Å². The predicted octanol–water partition coefficient (Wildman–Crippen LogP) is 1.95. The summed E-state index contributed by atoms with van der Waals surface area (Å²) in [4.78, 5) is 33.8. The van der Waals surface area contributed by atoms with Gasteiger partial charge in [0.1, 0.15) is 6.54 Å². The van der Waals surface area contributed by atoms with E-state index in [0.29, 0.717) is 10.9 Å². The van der Waals surface area contributed by atoms with Gasteiger partial charge in [-0.25, -0.2) is 10.5 Å². The van der Waals surface area contributed by atoms with E-state index in [0.717, 1.165) is 11.1 Å². The molecule has 0 aliphatic carbocycles. The van der Waals surface area contributed by atoms with Crippen LogP contribution in [-0.4, -0.2) is 15.5 Å². The second-order valence-corrected chi connectivity index (χ2v) is 5.45. The fraction of sp³-hybridized carbons (Fsp3) is 0.167. The lowest BCUT2D eigenvalue weighted by atomic mass is 10.1. The summed E-state index contributed by atoms with van der Waals surface area (Å²) in [5.41, 5.74) is 4.61. The van der Waals surface area contributed by atoms with Gasteiger partial charge in [-0.2, -0.15) is 0 Å². The number of benzene rings is 2. The number of aromatic nitrogens is 2. The molecule has 1 N–H and O–H groups in total. The van der Waals surface area contributed by atoms with Gasteiger partial charge in [0.05, 0.1) is 23.8 Å². The zero-order valence-corrected chi connectivity index (χ0v) is 13.2. The molecule has 3 aromatic rings. The van der Waals surface area contributed by atoms with Crippen molar-refractivity contribution < 1.29 is 9.63 Å². The number of carbonyl (C=O) groups excluding carboxylic acids is 1. The highest BCUT2D eigenvalue weighted by molar-refractivity contribution is 5.81. The van der Waals surface area contributed by atoms with Crippen LogP contribution in [0.3, 0.4) is 0 Å². The highest BCUT2D eigenvalue weighted by Crippen LogP contribution is 2.11. The molecule has 1 aromatic heterocycles. The lowest BCUT2D eigenvalue weighted by Crippen LogP contribution is -2.32. The molecule has 1 heterocycles. The molecule has 3 rings (SSSR count). The van der Waals surface area contributed by atoms with Crippen molar-refractivity contribution in [3.8, 4) is 0 Å². The molecule has 0 fully saturated rings. The first-order valence-electron chi connectivity index (χ1n) is 7.54. The van der Waals surface area contributed by atoms with Crippen LogP contribution in [0, 0.1) is 6.92 Å². The normalized spacial score (nSPS) is 10.7. The number of hydrogen-bond acceptors (Lipinski definition) is 4. The summed E-state index contributed by atoms with van der Waals surface area (Å²) in [7, 11) is 0. The number of nitrogens with zero attached hydrogens (tertiary/aromatic N) is 2. The molecule has 0 aliphatic rings. The predicted molar refractivity (Wildman–Crippen MR) is 90.1 cm³/mol. The summed E-state index contributed by atoms with van der Waals surface area (Å²) < 4.78 is 1.27. The molecular formula is C18H17N3O3. The lowest BCUT2D eigenvalue weighted by molar-refractivity contribution is -0.135. The van der Waals surface area contributed by atoms with E-state index in [4.69, 9.17) is 4.84 Å². The number of amides is 1.